The second kappa shape index (κ2) is 5.43. The van der Waals surface area contributed by atoms with Gasteiger partial charge in [0.05, 0.1) is 0 Å². The second-order valence-corrected chi connectivity index (χ2v) is 3.13. The maximum Gasteiger partial charge on any atom is 0.151 e. The van der Waals surface area contributed by atoms with Crippen molar-refractivity contribution >= 4 is 17.9 Å². The van der Waals surface area contributed by atoms with Crippen LogP contribution < -0.4 is 5.73 Å². The molecule has 0 saturated heterocycles. The van der Waals surface area contributed by atoms with Crippen LogP contribution in [0.25, 0.3) is 0 Å². The normalized spacial score (nSPS) is 9.00. The fourth-order valence-corrected chi connectivity index (χ4v) is 1.16. The van der Waals surface area contributed by atoms with Crippen LogP contribution in [0.3, 0.4) is 0 Å². The van der Waals surface area contributed by atoms with E-state index in [-0.39, 0.29) is 0 Å². The molecule has 2 nitrogen and oxygen atoms in total. The number of hydrogen-bond acceptors (Lipinski definition) is 2. The first-order valence-corrected chi connectivity index (χ1v) is 4.59. The van der Waals surface area contributed by atoms with Crippen LogP contribution in [0.4, 0.5) is 0 Å². The van der Waals surface area contributed by atoms with Crippen molar-refractivity contribution in [2.24, 2.45) is 5.73 Å². The lowest BCUT2D eigenvalue weighted by Gasteiger charge is -1.96. The molecule has 0 aromatic heterocycles. The van der Waals surface area contributed by atoms with E-state index in [1.807, 2.05) is 0 Å². The Balaban J connectivity index is 2.98. The van der Waals surface area contributed by atoms with Crippen LogP contribution in [0.5, 0.6) is 0 Å². The quantitative estimate of drug-likeness (QED) is 0.594. The first kappa shape index (κ1) is 10.8. The predicted octanol–water partition coefficient (Wildman–Crippen LogP) is 1.85. The van der Waals surface area contributed by atoms with Gasteiger partial charge in [-0.3, -0.25) is 4.79 Å². The van der Waals surface area contributed by atoms with Crippen LogP contribution in [0.2, 0.25) is 5.02 Å². The summed E-state index contributed by atoms with van der Waals surface area (Å²) in [5.41, 5.74) is 6.50. The van der Waals surface area contributed by atoms with Gasteiger partial charge in [-0.15, -0.1) is 0 Å². The third-order valence-corrected chi connectivity index (χ3v) is 1.87. The number of halogens is 1. The van der Waals surface area contributed by atoms with Gasteiger partial charge in [0.25, 0.3) is 0 Å². The van der Waals surface area contributed by atoms with E-state index in [4.69, 9.17) is 17.3 Å². The van der Waals surface area contributed by atoms with E-state index in [1.54, 1.807) is 18.2 Å². The molecule has 0 heterocycles. The van der Waals surface area contributed by atoms with Crippen LogP contribution >= 0.6 is 11.6 Å². The molecular weight excluding hydrogens is 198 g/mol. The van der Waals surface area contributed by atoms with E-state index in [1.165, 1.54) is 0 Å². The van der Waals surface area contributed by atoms with Crippen molar-refractivity contribution in [3.05, 3.63) is 34.3 Å². The highest BCUT2D eigenvalue weighted by molar-refractivity contribution is 6.30. The largest absolute Gasteiger partial charge is 0.330 e. The Morgan fingerprint density at radius 1 is 1.50 bits per heavy atom. The molecule has 0 aliphatic heterocycles. The average molecular weight is 208 g/mol. The highest BCUT2D eigenvalue weighted by Gasteiger charge is 1.98. The Kier molecular flexibility index (Phi) is 4.18. The lowest BCUT2D eigenvalue weighted by Crippen LogP contribution is -1.95. The summed E-state index contributed by atoms with van der Waals surface area (Å²) in [7, 11) is 0. The number of rotatable bonds is 2. The highest BCUT2D eigenvalue weighted by atomic mass is 35.5. The number of carbonyl (C=O) groups is 1. The van der Waals surface area contributed by atoms with Gasteiger partial charge >= 0.3 is 0 Å². The van der Waals surface area contributed by atoms with Crippen molar-refractivity contribution < 1.29 is 4.79 Å². The summed E-state index contributed by atoms with van der Waals surface area (Å²) in [6.07, 6.45) is 1.37. The summed E-state index contributed by atoms with van der Waals surface area (Å²) in [6, 6.07) is 5.04. The minimum Gasteiger partial charge on any atom is -0.330 e. The predicted molar refractivity (Wildman–Crippen MR) is 57.4 cm³/mol. The zero-order valence-corrected chi connectivity index (χ0v) is 8.34. The smallest absolute Gasteiger partial charge is 0.151 e. The Morgan fingerprint density at radius 2 is 2.29 bits per heavy atom. The molecule has 0 bridgehead atoms. The molecular formula is C11H10ClNO. The van der Waals surface area contributed by atoms with Crippen molar-refractivity contribution in [2.45, 2.75) is 6.42 Å². The van der Waals surface area contributed by atoms with Gasteiger partial charge in [0.2, 0.25) is 0 Å². The van der Waals surface area contributed by atoms with E-state index < -0.39 is 0 Å². The molecule has 1 rings (SSSR count). The molecule has 0 aliphatic rings. The summed E-state index contributed by atoms with van der Waals surface area (Å²) in [6.45, 7) is 0.525. The summed E-state index contributed by atoms with van der Waals surface area (Å²) in [5, 5.41) is 0.538. The van der Waals surface area contributed by atoms with E-state index in [0.29, 0.717) is 29.1 Å². The zero-order valence-electron chi connectivity index (χ0n) is 7.59. The van der Waals surface area contributed by atoms with E-state index in [9.17, 15) is 4.79 Å². The minimum absolute atomic E-state index is 0.516. The molecule has 1 aromatic carbocycles. The summed E-state index contributed by atoms with van der Waals surface area (Å²) in [4.78, 5) is 10.7. The van der Waals surface area contributed by atoms with Gasteiger partial charge in [0, 0.05) is 29.1 Å². The van der Waals surface area contributed by atoms with Gasteiger partial charge < -0.3 is 5.73 Å². The second-order valence-electron chi connectivity index (χ2n) is 2.69. The van der Waals surface area contributed by atoms with Crippen LogP contribution in [0, 0.1) is 11.8 Å². The van der Waals surface area contributed by atoms with Gasteiger partial charge in [-0.25, -0.2) is 0 Å². The first-order valence-electron chi connectivity index (χ1n) is 4.21. The van der Waals surface area contributed by atoms with E-state index >= 15 is 0 Å². The van der Waals surface area contributed by atoms with Crippen molar-refractivity contribution in [1.82, 2.24) is 0 Å². The molecule has 72 valence electrons. The SMILES string of the molecule is NCCC#Cc1ccc(Cl)cc1C=O. The Labute approximate surface area is 88.1 Å². The Hall–Kier alpha value is -1.30. The Bertz CT molecular complexity index is 390. The topological polar surface area (TPSA) is 43.1 Å². The number of nitrogens with two attached hydrogens (primary N) is 1. The molecule has 1 aromatic rings. The lowest BCUT2D eigenvalue weighted by atomic mass is 10.1. The number of hydrogen-bond donors (Lipinski definition) is 1. The zero-order chi connectivity index (χ0) is 10.4. The molecule has 2 N–H and O–H groups in total. The van der Waals surface area contributed by atoms with E-state index in [2.05, 4.69) is 11.8 Å². The van der Waals surface area contributed by atoms with Gasteiger partial charge in [0.15, 0.2) is 6.29 Å². The Morgan fingerprint density at radius 3 is 2.93 bits per heavy atom. The highest BCUT2D eigenvalue weighted by Crippen LogP contribution is 2.13. The first-order chi connectivity index (χ1) is 6.77. The fourth-order valence-electron chi connectivity index (χ4n) is 0.975. The molecule has 0 amide bonds. The molecule has 14 heavy (non-hydrogen) atoms. The van der Waals surface area contributed by atoms with Crippen LogP contribution in [-0.2, 0) is 0 Å². The maximum atomic E-state index is 10.7. The molecule has 0 spiro atoms. The number of aldehydes is 1. The minimum atomic E-state index is 0.516. The summed E-state index contributed by atoms with van der Waals surface area (Å²) >= 11 is 5.73. The number of carbonyl (C=O) groups excluding carboxylic acids is 1. The fraction of sp³-hybridized carbons (Fsp3) is 0.182. The number of benzene rings is 1. The molecule has 0 saturated carbocycles. The molecule has 3 heteroatoms. The standard InChI is InChI=1S/C11H10ClNO/c12-11-5-4-9(3-1-2-6-13)10(7-11)8-14/h4-5,7-8H,2,6,13H2. The monoisotopic (exact) mass is 207 g/mol. The molecule has 0 radical (unpaired) electrons. The van der Waals surface area contributed by atoms with Gasteiger partial charge in [0.1, 0.15) is 0 Å². The third-order valence-electron chi connectivity index (χ3n) is 1.63. The maximum absolute atomic E-state index is 10.7. The molecule has 0 unspecified atom stereocenters. The molecule has 0 aliphatic carbocycles. The van der Waals surface area contributed by atoms with Crippen LogP contribution in [-0.4, -0.2) is 12.8 Å². The van der Waals surface area contributed by atoms with E-state index in [0.717, 1.165) is 6.29 Å². The lowest BCUT2D eigenvalue weighted by molar-refractivity contribution is 0.112. The average Bonchev–Trinajstić information content (AvgIpc) is 2.20. The molecule has 0 atom stereocenters. The van der Waals surface area contributed by atoms with Gasteiger partial charge in [-0.2, -0.15) is 0 Å². The van der Waals surface area contributed by atoms with Gasteiger partial charge in [-0.05, 0) is 18.2 Å². The van der Waals surface area contributed by atoms with Crippen molar-refractivity contribution in [1.29, 1.82) is 0 Å². The third kappa shape index (κ3) is 2.88. The van der Waals surface area contributed by atoms with Crippen molar-refractivity contribution in [3.8, 4) is 11.8 Å². The van der Waals surface area contributed by atoms with Crippen molar-refractivity contribution in [2.75, 3.05) is 6.54 Å². The van der Waals surface area contributed by atoms with Crippen LogP contribution in [0.1, 0.15) is 22.3 Å². The summed E-state index contributed by atoms with van der Waals surface area (Å²) < 4.78 is 0. The van der Waals surface area contributed by atoms with Crippen molar-refractivity contribution in [3.63, 3.8) is 0 Å². The van der Waals surface area contributed by atoms with Gasteiger partial charge in [-0.1, -0.05) is 23.4 Å². The molecule has 0 fully saturated rings. The summed E-state index contributed by atoms with van der Waals surface area (Å²) in [5.74, 6) is 5.74. The van der Waals surface area contributed by atoms with Crippen LogP contribution in [0.15, 0.2) is 18.2 Å².